The van der Waals surface area contributed by atoms with Crippen molar-refractivity contribution in [3.63, 3.8) is 0 Å². The van der Waals surface area contributed by atoms with Gasteiger partial charge in [0.05, 0.1) is 33.0 Å². The summed E-state index contributed by atoms with van der Waals surface area (Å²) in [5.74, 6) is 0. The molecule has 5 rings (SSSR count). The molecule has 15 N–H and O–H groups in total. The van der Waals surface area contributed by atoms with Gasteiger partial charge in [-0.3, -0.25) is 0 Å². The van der Waals surface area contributed by atoms with E-state index in [1.165, 1.54) is 7.11 Å². The summed E-state index contributed by atoms with van der Waals surface area (Å²) < 4.78 is 60.4. The predicted molar refractivity (Wildman–Crippen MR) is 176 cm³/mol. The zero-order valence-electron chi connectivity index (χ0n) is 31.2. The Morgan fingerprint density at radius 1 is 0.345 bits per heavy atom. The lowest BCUT2D eigenvalue weighted by Crippen LogP contribution is -2.67. The van der Waals surface area contributed by atoms with Gasteiger partial charge in [0, 0.05) is 14.2 Å². The van der Waals surface area contributed by atoms with Gasteiger partial charge in [-0.05, 0) is 0 Å². The van der Waals surface area contributed by atoms with Crippen LogP contribution >= 0.6 is 0 Å². The normalized spacial score (nSPS) is 51.8. The molecular formula is C32H56O26. The van der Waals surface area contributed by atoms with Crippen molar-refractivity contribution in [3.05, 3.63) is 0 Å². The molecule has 0 bridgehead atoms. The van der Waals surface area contributed by atoms with E-state index in [1.807, 2.05) is 0 Å². The van der Waals surface area contributed by atoms with Crippen LogP contribution in [-0.2, 0) is 52.1 Å². The van der Waals surface area contributed by atoms with Gasteiger partial charge in [-0.25, -0.2) is 0 Å². The van der Waals surface area contributed by atoms with E-state index in [0.717, 1.165) is 7.11 Å². The zero-order valence-corrected chi connectivity index (χ0v) is 31.2. The molecule has 0 saturated carbocycles. The second-order valence-electron chi connectivity index (χ2n) is 14.4. The minimum absolute atomic E-state index is 0.632. The van der Waals surface area contributed by atoms with Crippen molar-refractivity contribution >= 4 is 0 Å². The van der Waals surface area contributed by atoms with Crippen LogP contribution in [0.5, 0.6) is 0 Å². The molecule has 0 spiro atoms. The van der Waals surface area contributed by atoms with Crippen LogP contribution in [-0.4, -0.2) is 277 Å². The number of ether oxygens (including phenoxy) is 11. The van der Waals surface area contributed by atoms with Crippen molar-refractivity contribution in [1.82, 2.24) is 0 Å². The van der Waals surface area contributed by atoms with Crippen molar-refractivity contribution in [2.75, 3.05) is 47.3 Å². The molecule has 25 unspecified atom stereocenters. The summed E-state index contributed by atoms with van der Waals surface area (Å²) in [5, 5.41) is 157. The first-order chi connectivity index (χ1) is 27.6. The van der Waals surface area contributed by atoms with E-state index < -0.39 is 187 Å². The molecule has 25 atom stereocenters. The highest BCUT2D eigenvalue weighted by Crippen LogP contribution is 2.34. The summed E-state index contributed by atoms with van der Waals surface area (Å²) in [4.78, 5) is 0. The summed E-state index contributed by atoms with van der Waals surface area (Å²) >= 11 is 0. The molecule has 5 saturated heterocycles. The van der Waals surface area contributed by atoms with Gasteiger partial charge in [0.2, 0.25) is 0 Å². The molecular weight excluding hydrogens is 800 g/mol. The fourth-order valence-electron chi connectivity index (χ4n) is 7.48. The van der Waals surface area contributed by atoms with Crippen molar-refractivity contribution < 1.29 is 129 Å². The molecule has 340 valence electrons. The summed E-state index contributed by atoms with van der Waals surface area (Å²) in [6.45, 7) is -3.89. The van der Waals surface area contributed by atoms with Crippen molar-refractivity contribution in [1.29, 1.82) is 0 Å². The third-order valence-corrected chi connectivity index (χ3v) is 10.8. The number of rotatable bonds is 15. The van der Waals surface area contributed by atoms with Gasteiger partial charge in [-0.1, -0.05) is 0 Å². The number of hydrogen-bond acceptors (Lipinski definition) is 26. The summed E-state index contributed by atoms with van der Waals surface area (Å²) in [7, 11) is 2.37. The van der Waals surface area contributed by atoms with E-state index in [2.05, 4.69) is 0 Å². The molecule has 0 aromatic heterocycles. The lowest BCUT2D eigenvalue weighted by Gasteiger charge is -2.48. The average molecular weight is 857 g/mol. The second kappa shape index (κ2) is 20.9. The maximum absolute atomic E-state index is 11.1. The summed E-state index contributed by atoms with van der Waals surface area (Å²) in [6.07, 6.45) is -42.1. The highest BCUT2D eigenvalue weighted by Gasteiger charge is 2.55. The van der Waals surface area contributed by atoms with Gasteiger partial charge in [0.25, 0.3) is 0 Å². The Hall–Kier alpha value is -1.04. The third kappa shape index (κ3) is 9.77. The Bertz CT molecular complexity index is 1230. The van der Waals surface area contributed by atoms with E-state index >= 15 is 0 Å². The fourth-order valence-corrected chi connectivity index (χ4v) is 7.48. The van der Waals surface area contributed by atoms with Crippen LogP contribution in [0.25, 0.3) is 0 Å². The van der Waals surface area contributed by atoms with E-state index in [1.54, 1.807) is 0 Å². The largest absolute Gasteiger partial charge is 0.394 e. The molecule has 26 nitrogen and oxygen atoms in total. The lowest BCUT2D eigenvalue weighted by molar-refractivity contribution is -0.383. The SMILES string of the molecule is COC1C(COC2OC(CO)C(OC3OC(CO)C(OC4OC(CO)C(OC)C(O)C4O)C(O)C3O)C(O)C2O)OC(OC2C(CO)OC(O)C(O)C2O)C(O)C1O. The highest BCUT2D eigenvalue weighted by molar-refractivity contribution is 4.98. The minimum Gasteiger partial charge on any atom is -0.394 e. The molecule has 0 aromatic carbocycles. The Morgan fingerprint density at radius 2 is 0.638 bits per heavy atom. The number of aliphatic hydroxyl groups excluding tert-OH is 15. The molecule has 5 heterocycles. The van der Waals surface area contributed by atoms with Crippen LogP contribution in [0.2, 0.25) is 0 Å². The van der Waals surface area contributed by atoms with E-state index in [9.17, 15) is 76.6 Å². The van der Waals surface area contributed by atoms with Crippen molar-refractivity contribution in [2.45, 2.75) is 154 Å². The standard InChI is InChI=1S/C32H56O26/c1-48-23-8(3-33)53-30(20(44)14(23)38)58-27-11(6-36)54-31(22(46)17(27)41)57-26-10(5-35)52-29(19(43)16(26)40)50-7-12-24(49-2)15(39)21(45)32(55-12)56-25-9(4-34)51-28(47)18(42)13(25)37/h8-47H,3-7H2,1-2H3. The van der Waals surface area contributed by atoms with Gasteiger partial charge < -0.3 is 129 Å². The number of methoxy groups -OCH3 is 2. The molecule has 58 heavy (non-hydrogen) atoms. The molecule has 5 aliphatic rings. The molecule has 0 aromatic rings. The van der Waals surface area contributed by atoms with Crippen molar-refractivity contribution in [2.24, 2.45) is 0 Å². The molecule has 0 amide bonds. The monoisotopic (exact) mass is 856 g/mol. The summed E-state index contributed by atoms with van der Waals surface area (Å²) in [5.41, 5.74) is 0. The summed E-state index contributed by atoms with van der Waals surface area (Å²) in [6, 6.07) is 0. The molecule has 0 radical (unpaired) electrons. The quantitative estimate of drug-likeness (QED) is 0.0727. The van der Waals surface area contributed by atoms with Crippen LogP contribution in [0.1, 0.15) is 0 Å². The number of aliphatic hydroxyl groups is 15. The smallest absolute Gasteiger partial charge is 0.187 e. The topological polar surface area (TPSA) is 405 Å². The van der Waals surface area contributed by atoms with Crippen LogP contribution in [0, 0.1) is 0 Å². The van der Waals surface area contributed by atoms with E-state index in [4.69, 9.17) is 52.1 Å². The predicted octanol–water partition coefficient (Wildman–Crippen LogP) is -10.6. The van der Waals surface area contributed by atoms with Crippen molar-refractivity contribution in [3.8, 4) is 0 Å². The molecule has 5 aliphatic heterocycles. The van der Waals surface area contributed by atoms with Crippen LogP contribution in [0.4, 0.5) is 0 Å². The van der Waals surface area contributed by atoms with Gasteiger partial charge in [0.1, 0.15) is 122 Å². The first-order valence-corrected chi connectivity index (χ1v) is 18.4. The average Bonchev–Trinajstić information content (AvgIpc) is 3.21. The molecule has 26 heteroatoms. The Morgan fingerprint density at radius 3 is 1.03 bits per heavy atom. The van der Waals surface area contributed by atoms with E-state index in [0.29, 0.717) is 0 Å². The highest BCUT2D eigenvalue weighted by atomic mass is 16.8. The van der Waals surface area contributed by atoms with Crippen LogP contribution in [0.3, 0.4) is 0 Å². The maximum atomic E-state index is 11.1. The Labute approximate surface area is 329 Å². The van der Waals surface area contributed by atoms with Gasteiger partial charge >= 0.3 is 0 Å². The van der Waals surface area contributed by atoms with E-state index in [-0.39, 0.29) is 0 Å². The maximum Gasteiger partial charge on any atom is 0.187 e. The second-order valence-corrected chi connectivity index (χ2v) is 14.4. The van der Waals surface area contributed by atoms with Gasteiger partial charge in [0.15, 0.2) is 31.5 Å². The first-order valence-electron chi connectivity index (χ1n) is 18.4. The zero-order chi connectivity index (χ0) is 42.7. The van der Waals surface area contributed by atoms with Gasteiger partial charge in [-0.2, -0.15) is 0 Å². The van der Waals surface area contributed by atoms with Crippen LogP contribution in [0.15, 0.2) is 0 Å². The minimum atomic E-state index is -2.02. The lowest BCUT2D eigenvalue weighted by atomic mass is 9.96. The molecule has 5 fully saturated rings. The third-order valence-electron chi connectivity index (χ3n) is 10.8. The molecule has 0 aliphatic carbocycles. The Balaban J connectivity index is 1.21. The first kappa shape index (κ1) is 48.0. The number of hydrogen-bond donors (Lipinski definition) is 15. The van der Waals surface area contributed by atoms with Gasteiger partial charge in [-0.15, -0.1) is 0 Å². The fraction of sp³-hybridized carbons (Fsp3) is 1.00. The van der Waals surface area contributed by atoms with Crippen LogP contribution < -0.4 is 0 Å². The Kier molecular flexibility index (Phi) is 17.3.